The standard InChI is InChI=1S/C11H19NOS/c1-9(2)12-7-11(13)4-3-10-5-6-14-8-10/h5-6,8-9,11-13H,3-4,7H2,1-2H3. The molecule has 14 heavy (non-hydrogen) atoms. The lowest BCUT2D eigenvalue weighted by atomic mass is 10.1. The number of nitrogens with one attached hydrogen (secondary N) is 1. The zero-order valence-electron chi connectivity index (χ0n) is 8.86. The maximum absolute atomic E-state index is 9.64. The Morgan fingerprint density at radius 3 is 2.86 bits per heavy atom. The fourth-order valence-corrected chi connectivity index (χ4v) is 1.95. The molecule has 1 heterocycles. The van der Waals surface area contributed by atoms with Gasteiger partial charge in [0.05, 0.1) is 6.10 Å². The van der Waals surface area contributed by atoms with E-state index in [1.807, 2.05) is 0 Å². The number of hydrogen-bond acceptors (Lipinski definition) is 3. The van der Waals surface area contributed by atoms with Crippen LogP contribution in [0.2, 0.25) is 0 Å². The third-order valence-electron chi connectivity index (χ3n) is 2.11. The average Bonchev–Trinajstić information content (AvgIpc) is 2.63. The molecule has 0 aliphatic heterocycles. The molecule has 1 aromatic heterocycles. The Hall–Kier alpha value is -0.380. The molecule has 2 N–H and O–H groups in total. The van der Waals surface area contributed by atoms with Crippen molar-refractivity contribution in [2.24, 2.45) is 0 Å². The largest absolute Gasteiger partial charge is 0.392 e. The number of aryl methyl sites for hydroxylation is 1. The van der Waals surface area contributed by atoms with E-state index >= 15 is 0 Å². The van der Waals surface area contributed by atoms with E-state index in [9.17, 15) is 5.11 Å². The average molecular weight is 213 g/mol. The van der Waals surface area contributed by atoms with E-state index in [-0.39, 0.29) is 6.10 Å². The van der Waals surface area contributed by atoms with Crippen LogP contribution in [0.5, 0.6) is 0 Å². The molecule has 0 aliphatic carbocycles. The number of aliphatic hydroxyl groups is 1. The lowest BCUT2D eigenvalue weighted by Gasteiger charge is -2.13. The molecule has 0 bridgehead atoms. The van der Waals surface area contributed by atoms with Crippen molar-refractivity contribution in [1.29, 1.82) is 0 Å². The van der Waals surface area contributed by atoms with Gasteiger partial charge in [0.25, 0.3) is 0 Å². The molecule has 1 rings (SSSR count). The van der Waals surface area contributed by atoms with Crippen molar-refractivity contribution in [1.82, 2.24) is 5.32 Å². The third-order valence-corrected chi connectivity index (χ3v) is 2.84. The Labute approximate surface area is 90.0 Å². The molecule has 80 valence electrons. The van der Waals surface area contributed by atoms with E-state index < -0.39 is 0 Å². The molecule has 0 fully saturated rings. The summed E-state index contributed by atoms with van der Waals surface area (Å²) < 4.78 is 0. The highest BCUT2D eigenvalue weighted by atomic mass is 32.1. The van der Waals surface area contributed by atoms with Gasteiger partial charge in [-0.1, -0.05) is 13.8 Å². The summed E-state index contributed by atoms with van der Waals surface area (Å²) in [5.74, 6) is 0. The maximum Gasteiger partial charge on any atom is 0.0667 e. The van der Waals surface area contributed by atoms with Gasteiger partial charge >= 0.3 is 0 Å². The van der Waals surface area contributed by atoms with Crippen molar-refractivity contribution >= 4 is 11.3 Å². The Bertz CT molecular complexity index is 233. The van der Waals surface area contributed by atoms with Crippen LogP contribution >= 0.6 is 11.3 Å². The van der Waals surface area contributed by atoms with Crippen molar-refractivity contribution < 1.29 is 5.11 Å². The molecule has 1 atom stereocenters. The van der Waals surface area contributed by atoms with E-state index in [1.54, 1.807) is 11.3 Å². The number of hydrogen-bond donors (Lipinski definition) is 2. The van der Waals surface area contributed by atoms with Crippen LogP contribution < -0.4 is 5.32 Å². The molecule has 1 aromatic rings. The quantitative estimate of drug-likeness (QED) is 0.758. The Kier molecular flexibility index (Phi) is 5.15. The molecule has 2 nitrogen and oxygen atoms in total. The van der Waals surface area contributed by atoms with Crippen molar-refractivity contribution in [3.05, 3.63) is 22.4 Å². The summed E-state index contributed by atoms with van der Waals surface area (Å²) >= 11 is 1.71. The highest BCUT2D eigenvalue weighted by Gasteiger charge is 2.05. The van der Waals surface area contributed by atoms with Crippen LogP contribution in [0.1, 0.15) is 25.8 Å². The van der Waals surface area contributed by atoms with E-state index in [2.05, 4.69) is 36.0 Å². The summed E-state index contributed by atoms with van der Waals surface area (Å²) in [5, 5.41) is 17.1. The van der Waals surface area contributed by atoms with E-state index in [0.717, 1.165) is 12.8 Å². The van der Waals surface area contributed by atoms with Gasteiger partial charge in [-0.2, -0.15) is 11.3 Å². The fraction of sp³-hybridized carbons (Fsp3) is 0.636. The van der Waals surface area contributed by atoms with Gasteiger partial charge in [0.2, 0.25) is 0 Å². The molecule has 0 spiro atoms. The molecule has 0 saturated heterocycles. The summed E-state index contributed by atoms with van der Waals surface area (Å²) in [6, 6.07) is 2.57. The molecule has 0 amide bonds. The molecular weight excluding hydrogens is 194 g/mol. The van der Waals surface area contributed by atoms with Gasteiger partial charge < -0.3 is 10.4 Å². The highest BCUT2D eigenvalue weighted by molar-refractivity contribution is 7.07. The Balaban J connectivity index is 2.12. The monoisotopic (exact) mass is 213 g/mol. The molecule has 0 radical (unpaired) electrons. The van der Waals surface area contributed by atoms with Crippen LogP contribution in [0.3, 0.4) is 0 Å². The van der Waals surface area contributed by atoms with Crippen molar-refractivity contribution in [3.63, 3.8) is 0 Å². The first-order valence-electron chi connectivity index (χ1n) is 5.11. The highest BCUT2D eigenvalue weighted by Crippen LogP contribution is 2.09. The summed E-state index contributed by atoms with van der Waals surface area (Å²) in [7, 11) is 0. The van der Waals surface area contributed by atoms with Gasteiger partial charge in [-0.05, 0) is 35.2 Å². The molecular formula is C11H19NOS. The van der Waals surface area contributed by atoms with Crippen LogP contribution in [0.25, 0.3) is 0 Å². The second-order valence-electron chi connectivity index (χ2n) is 3.89. The minimum atomic E-state index is -0.225. The summed E-state index contributed by atoms with van der Waals surface area (Å²) in [4.78, 5) is 0. The van der Waals surface area contributed by atoms with Crippen LogP contribution in [0.4, 0.5) is 0 Å². The van der Waals surface area contributed by atoms with Gasteiger partial charge in [-0.3, -0.25) is 0 Å². The van der Waals surface area contributed by atoms with Crippen LogP contribution in [-0.4, -0.2) is 23.8 Å². The van der Waals surface area contributed by atoms with Crippen LogP contribution in [0.15, 0.2) is 16.8 Å². The number of aliphatic hydroxyl groups excluding tert-OH is 1. The zero-order valence-corrected chi connectivity index (χ0v) is 9.68. The third kappa shape index (κ3) is 4.74. The van der Waals surface area contributed by atoms with Crippen LogP contribution in [-0.2, 0) is 6.42 Å². The first-order valence-corrected chi connectivity index (χ1v) is 6.05. The van der Waals surface area contributed by atoms with E-state index in [0.29, 0.717) is 12.6 Å². The minimum Gasteiger partial charge on any atom is -0.392 e. The molecule has 0 aliphatic rings. The zero-order chi connectivity index (χ0) is 10.4. The van der Waals surface area contributed by atoms with E-state index in [1.165, 1.54) is 5.56 Å². The van der Waals surface area contributed by atoms with Gasteiger partial charge in [-0.15, -0.1) is 0 Å². The predicted molar refractivity (Wildman–Crippen MR) is 61.8 cm³/mol. The topological polar surface area (TPSA) is 32.3 Å². The van der Waals surface area contributed by atoms with Gasteiger partial charge in [0.1, 0.15) is 0 Å². The Morgan fingerprint density at radius 1 is 1.50 bits per heavy atom. The fourth-order valence-electron chi connectivity index (χ4n) is 1.24. The van der Waals surface area contributed by atoms with Crippen molar-refractivity contribution in [3.8, 4) is 0 Å². The summed E-state index contributed by atoms with van der Waals surface area (Å²) in [5.41, 5.74) is 1.33. The first-order chi connectivity index (χ1) is 6.68. The normalized spacial score (nSPS) is 13.4. The SMILES string of the molecule is CC(C)NCC(O)CCc1ccsc1. The summed E-state index contributed by atoms with van der Waals surface area (Å²) in [6.45, 7) is 4.87. The maximum atomic E-state index is 9.64. The number of rotatable bonds is 6. The molecule has 0 saturated carbocycles. The van der Waals surface area contributed by atoms with Gasteiger partial charge in [0, 0.05) is 12.6 Å². The summed E-state index contributed by atoms with van der Waals surface area (Å²) in [6.07, 6.45) is 1.60. The predicted octanol–water partition coefficient (Wildman–Crippen LogP) is 2.04. The van der Waals surface area contributed by atoms with Crippen molar-refractivity contribution in [2.45, 2.75) is 38.8 Å². The van der Waals surface area contributed by atoms with Crippen LogP contribution in [0, 0.1) is 0 Å². The number of thiophene rings is 1. The van der Waals surface area contributed by atoms with E-state index in [4.69, 9.17) is 0 Å². The smallest absolute Gasteiger partial charge is 0.0667 e. The molecule has 1 unspecified atom stereocenters. The van der Waals surface area contributed by atoms with Crippen molar-refractivity contribution in [2.75, 3.05) is 6.54 Å². The second kappa shape index (κ2) is 6.17. The second-order valence-corrected chi connectivity index (χ2v) is 4.67. The first kappa shape index (κ1) is 11.7. The Morgan fingerprint density at radius 2 is 2.29 bits per heavy atom. The lowest BCUT2D eigenvalue weighted by Crippen LogP contribution is -2.32. The lowest BCUT2D eigenvalue weighted by molar-refractivity contribution is 0.159. The molecule has 3 heteroatoms. The van der Waals surface area contributed by atoms with Gasteiger partial charge in [0.15, 0.2) is 0 Å². The van der Waals surface area contributed by atoms with Gasteiger partial charge in [-0.25, -0.2) is 0 Å². The minimum absolute atomic E-state index is 0.225. The molecule has 0 aromatic carbocycles.